The van der Waals surface area contributed by atoms with E-state index in [0.29, 0.717) is 12.8 Å². The van der Waals surface area contributed by atoms with Crippen molar-refractivity contribution in [2.45, 2.75) is 64.0 Å². The Morgan fingerprint density at radius 1 is 1.25 bits per heavy atom. The summed E-state index contributed by atoms with van der Waals surface area (Å²) in [6.07, 6.45) is 3.04. The molecule has 0 spiro atoms. The zero-order valence-electron chi connectivity index (χ0n) is 22.0. The molecule has 194 valence electrons. The predicted octanol–water partition coefficient (Wildman–Crippen LogP) is 5.27. The molecule has 1 aliphatic rings. The molecule has 0 radical (unpaired) electrons. The number of aryl methyl sites for hydroxylation is 2. The Labute approximate surface area is 213 Å². The fraction of sp³-hybridized carbons (Fsp3) is 0.517. The van der Waals surface area contributed by atoms with Gasteiger partial charge in [0.1, 0.15) is 23.8 Å². The lowest BCUT2D eigenvalue weighted by molar-refractivity contribution is -0.179. The minimum Gasteiger partial charge on any atom is -0.455 e. The lowest BCUT2D eigenvalue weighted by atomic mass is 9.64. The third-order valence-electron chi connectivity index (χ3n) is 7.72. The van der Waals surface area contributed by atoms with Crippen molar-refractivity contribution in [2.24, 2.45) is 5.92 Å². The van der Waals surface area contributed by atoms with Gasteiger partial charge in [-0.05, 0) is 81.1 Å². The largest absolute Gasteiger partial charge is 0.455 e. The molecule has 0 aliphatic heterocycles. The molecule has 4 rings (SSSR count). The molecule has 1 aliphatic carbocycles. The first kappa shape index (κ1) is 26.3. The van der Waals surface area contributed by atoms with Crippen molar-refractivity contribution < 1.29 is 18.7 Å². The van der Waals surface area contributed by atoms with Crippen LogP contribution in [0, 0.1) is 11.7 Å². The predicted molar refractivity (Wildman–Crippen MR) is 140 cm³/mol. The van der Waals surface area contributed by atoms with Crippen LogP contribution in [-0.4, -0.2) is 59.8 Å². The molecule has 1 N–H and O–H groups in total. The number of ether oxygens (including phenoxy) is 2. The third kappa shape index (κ3) is 5.32. The number of nitrogens with one attached hydrogen (secondary N) is 1. The van der Waals surface area contributed by atoms with E-state index in [-0.39, 0.29) is 36.3 Å². The standard InChI is InChI=1S/C29H38FN3O3/c1-19(2)28-23-13-12-22(30)17-21(23)14-15-29(28,36-27(34)18-35-5)20(3)33(4)16-8-11-26-31-24-9-6-7-10-25(24)32-26/h6-7,9-10,12-13,17,19-20,28H,8,11,14-16,18H2,1-5H3,(H,31,32). The van der Waals surface area contributed by atoms with E-state index in [9.17, 15) is 9.18 Å². The van der Waals surface area contributed by atoms with Crippen LogP contribution in [0.5, 0.6) is 0 Å². The number of nitrogens with zero attached hydrogens (tertiary/aromatic N) is 2. The van der Waals surface area contributed by atoms with Gasteiger partial charge in [0, 0.05) is 25.5 Å². The van der Waals surface area contributed by atoms with Gasteiger partial charge in [-0.2, -0.15) is 0 Å². The quantitative estimate of drug-likeness (QED) is 0.388. The Morgan fingerprint density at radius 2 is 2.03 bits per heavy atom. The monoisotopic (exact) mass is 495 g/mol. The van der Waals surface area contributed by atoms with Gasteiger partial charge in [0.2, 0.25) is 0 Å². The van der Waals surface area contributed by atoms with Crippen LogP contribution >= 0.6 is 0 Å². The SMILES string of the molecule is COCC(=O)OC1(C(C)N(C)CCCc2nc3ccccc3[nH]2)CCc2cc(F)ccc2C1C(C)C. The molecule has 0 saturated carbocycles. The maximum atomic E-state index is 14.0. The van der Waals surface area contributed by atoms with Gasteiger partial charge in [-0.25, -0.2) is 14.2 Å². The number of para-hydroxylation sites is 2. The van der Waals surface area contributed by atoms with Crippen LogP contribution in [0.4, 0.5) is 4.39 Å². The highest BCUT2D eigenvalue weighted by molar-refractivity contribution is 5.74. The van der Waals surface area contributed by atoms with Crippen LogP contribution in [0.1, 0.15) is 56.5 Å². The van der Waals surface area contributed by atoms with Crippen LogP contribution < -0.4 is 0 Å². The Kier molecular flexibility index (Phi) is 8.10. The lowest BCUT2D eigenvalue weighted by Gasteiger charge is -2.51. The highest BCUT2D eigenvalue weighted by Gasteiger charge is 2.52. The molecule has 2 aromatic carbocycles. The highest BCUT2D eigenvalue weighted by atomic mass is 19.1. The number of esters is 1. The number of fused-ring (bicyclic) bond motifs is 2. The number of carbonyl (C=O) groups is 1. The summed E-state index contributed by atoms with van der Waals surface area (Å²) < 4.78 is 25.5. The number of benzene rings is 2. The molecular weight excluding hydrogens is 457 g/mol. The number of carbonyl (C=O) groups excluding carboxylic acids is 1. The summed E-state index contributed by atoms with van der Waals surface area (Å²) in [5, 5.41) is 0. The van der Waals surface area contributed by atoms with Gasteiger partial charge in [-0.15, -0.1) is 0 Å². The lowest BCUT2D eigenvalue weighted by Crippen LogP contribution is -2.59. The molecule has 1 aromatic heterocycles. The van der Waals surface area contributed by atoms with E-state index in [1.807, 2.05) is 30.3 Å². The van der Waals surface area contributed by atoms with E-state index in [2.05, 4.69) is 37.7 Å². The van der Waals surface area contributed by atoms with Crippen LogP contribution in [0.25, 0.3) is 11.0 Å². The van der Waals surface area contributed by atoms with Crippen LogP contribution in [-0.2, 0) is 27.1 Å². The number of methoxy groups -OCH3 is 1. The van der Waals surface area contributed by atoms with E-state index in [1.54, 1.807) is 6.07 Å². The Balaban J connectivity index is 1.56. The smallest absolute Gasteiger partial charge is 0.332 e. The normalized spacial score (nSPS) is 20.6. The fourth-order valence-electron chi connectivity index (χ4n) is 5.98. The molecule has 1 heterocycles. The summed E-state index contributed by atoms with van der Waals surface area (Å²) in [5.41, 5.74) is 3.37. The number of aromatic amines is 1. The Morgan fingerprint density at radius 3 is 2.75 bits per heavy atom. The number of halogens is 1. The van der Waals surface area contributed by atoms with Crippen molar-refractivity contribution in [2.75, 3.05) is 27.3 Å². The Bertz CT molecular complexity index is 1160. The number of hydrogen-bond donors (Lipinski definition) is 1. The number of likely N-dealkylation sites (N-methyl/N-ethyl adjacent to an activating group) is 1. The molecule has 0 saturated heterocycles. The van der Waals surface area contributed by atoms with Gasteiger partial charge in [-0.3, -0.25) is 4.90 Å². The van der Waals surface area contributed by atoms with Gasteiger partial charge < -0.3 is 14.5 Å². The average Bonchev–Trinajstić information content (AvgIpc) is 3.26. The van der Waals surface area contributed by atoms with E-state index in [0.717, 1.165) is 47.4 Å². The summed E-state index contributed by atoms with van der Waals surface area (Å²) in [6, 6.07) is 13.0. The van der Waals surface area contributed by atoms with Gasteiger partial charge in [0.15, 0.2) is 0 Å². The van der Waals surface area contributed by atoms with E-state index >= 15 is 0 Å². The summed E-state index contributed by atoms with van der Waals surface area (Å²) >= 11 is 0. The van der Waals surface area contributed by atoms with Crippen molar-refractivity contribution >= 4 is 17.0 Å². The van der Waals surface area contributed by atoms with Crippen molar-refractivity contribution in [1.82, 2.24) is 14.9 Å². The van der Waals surface area contributed by atoms with Crippen molar-refractivity contribution in [1.29, 1.82) is 0 Å². The second kappa shape index (κ2) is 11.1. The van der Waals surface area contributed by atoms with Gasteiger partial charge in [0.05, 0.1) is 11.0 Å². The molecule has 0 bridgehead atoms. The number of hydrogen-bond acceptors (Lipinski definition) is 5. The maximum absolute atomic E-state index is 14.0. The van der Waals surface area contributed by atoms with E-state index < -0.39 is 5.60 Å². The summed E-state index contributed by atoms with van der Waals surface area (Å²) in [7, 11) is 3.59. The first-order valence-corrected chi connectivity index (χ1v) is 12.9. The average molecular weight is 496 g/mol. The molecule has 3 unspecified atom stereocenters. The van der Waals surface area contributed by atoms with Crippen molar-refractivity contribution in [3.05, 3.63) is 65.2 Å². The fourth-order valence-corrected chi connectivity index (χ4v) is 5.98. The second-order valence-corrected chi connectivity index (χ2v) is 10.4. The number of H-pyrrole nitrogens is 1. The molecular formula is C29H38FN3O3. The maximum Gasteiger partial charge on any atom is 0.332 e. The minimum atomic E-state index is -0.747. The molecule has 3 atom stereocenters. The van der Waals surface area contributed by atoms with Gasteiger partial charge >= 0.3 is 5.97 Å². The molecule has 3 aromatic rings. The number of imidazole rings is 1. The molecule has 0 amide bonds. The zero-order chi connectivity index (χ0) is 25.9. The molecule has 0 fully saturated rings. The second-order valence-electron chi connectivity index (χ2n) is 10.4. The van der Waals surface area contributed by atoms with Gasteiger partial charge in [0.25, 0.3) is 0 Å². The molecule has 7 heteroatoms. The minimum absolute atomic E-state index is 0.0559. The first-order chi connectivity index (χ1) is 17.2. The van der Waals surface area contributed by atoms with Gasteiger partial charge in [-0.1, -0.05) is 32.0 Å². The summed E-state index contributed by atoms with van der Waals surface area (Å²) in [5.74, 6) is 0.519. The van der Waals surface area contributed by atoms with Crippen molar-refractivity contribution in [3.8, 4) is 0 Å². The first-order valence-electron chi connectivity index (χ1n) is 12.9. The third-order valence-corrected chi connectivity index (χ3v) is 7.72. The molecule has 6 nitrogen and oxygen atoms in total. The number of rotatable bonds is 10. The molecule has 36 heavy (non-hydrogen) atoms. The van der Waals surface area contributed by atoms with E-state index in [4.69, 9.17) is 14.5 Å². The zero-order valence-corrected chi connectivity index (χ0v) is 22.0. The van der Waals surface area contributed by atoms with E-state index in [1.165, 1.54) is 13.2 Å². The van der Waals surface area contributed by atoms with Crippen LogP contribution in [0.15, 0.2) is 42.5 Å². The Hall–Kier alpha value is -2.77. The highest BCUT2D eigenvalue weighted by Crippen LogP contribution is 2.49. The topological polar surface area (TPSA) is 67.5 Å². The summed E-state index contributed by atoms with van der Waals surface area (Å²) in [4.78, 5) is 23.2. The van der Waals surface area contributed by atoms with Crippen molar-refractivity contribution in [3.63, 3.8) is 0 Å². The summed E-state index contributed by atoms with van der Waals surface area (Å²) in [6.45, 7) is 7.17. The van der Waals surface area contributed by atoms with Crippen LogP contribution in [0.2, 0.25) is 0 Å². The van der Waals surface area contributed by atoms with Crippen LogP contribution in [0.3, 0.4) is 0 Å². The number of aromatic nitrogens is 2.